The van der Waals surface area contributed by atoms with Crippen molar-refractivity contribution in [3.05, 3.63) is 47.4 Å². The van der Waals surface area contributed by atoms with Gasteiger partial charge in [-0.3, -0.25) is 4.79 Å². The molecule has 0 spiro atoms. The molecular formula is C18H24N4O. The number of benzene rings is 1. The van der Waals surface area contributed by atoms with Crippen LogP contribution in [-0.2, 0) is 0 Å². The highest BCUT2D eigenvalue weighted by atomic mass is 16.1. The second-order valence-electron chi connectivity index (χ2n) is 6.15. The Kier molecular flexibility index (Phi) is 5.68. The van der Waals surface area contributed by atoms with E-state index in [-0.39, 0.29) is 5.91 Å². The Bertz CT molecular complexity index is 682. The summed E-state index contributed by atoms with van der Waals surface area (Å²) in [7, 11) is 0. The summed E-state index contributed by atoms with van der Waals surface area (Å²) >= 11 is 0. The summed E-state index contributed by atoms with van der Waals surface area (Å²) in [5.41, 5.74) is 3.46. The first-order chi connectivity index (χ1) is 11.0. The molecule has 122 valence electrons. The molecule has 1 amide bonds. The molecule has 0 saturated heterocycles. The number of nitrogens with zero attached hydrogens (tertiary/aromatic N) is 2. The van der Waals surface area contributed by atoms with Crippen LogP contribution in [0.25, 0.3) is 0 Å². The second kappa shape index (κ2) is 7.72. The maximum absolute atomic E-state index is 12.3. The number of carbonyl (C=O) groups is 1. The molecule has 1 aromatic carbocycles. The van der Waals surface area contributed by atoms with E-state index in [0.717, 1.165) is 24.2 Å². The number of aryl methyl sites for hydroxylation is 2. The van der Waals surface area contributed by atoms with Crippen molar-refractivity contribution in [1.82, 2.24) is 9.97 Å². The number of hydrogen-bond donors (Lipinski definition) is 2. The van der Waals surface area contributed by atoms with E-state index in [1.54, 1.807) is 6.07 Å². The normalized spacial score (nSPS) is 10.7. The molecule has 0 aliphatic rings. The molecule has 0 aliphatic heterocycles. The fraction of sp³-hybridized carbons (Fsp3) is 0.389. The van der Waals surface area contributed by atoms with Gasteiger partial charge in [-0.1, -0.05) is 19.9 Å². The molecule has 0 aliphatic carbocycles. The Morgan fingerprint density at radius 2 is 1.91 bits per heavy atom. The van der Waals surface area contributed by atoms with Gasteiger partial charge in [0.05, 0.1) is 0 Å². The molecule has 0 saturated carbocycles. The third-order valence-electron chi connectivity index (χ3n) is 3.69. The predicted molar refractivity (Wildman–Crippen MR) is 93.8 cm³/mol. The lowest BCUT2D eigenvalue weighted by Gasteiger charge is -2.09. The number of hydrogen-bond acceptors (Lipinski definition) is 4. The fourth-order valence-corrected chi connectivity index (χ4v) is 2.08. The van der Waals surface area contributed by atoms with Crippen molar-refractivity contribution in [3.63, 3.8) is 0 Å². The quantitative estimate of drug-likeness (QED) is 0.851. The van der Waals surface area contributed by atoms with Crippen molar-refractivity contribution in [2.75, 3.05) is 17.2 Å². The van der Waals surface area contributed by atoms with E-state index in [4.69, 9.17) is 0 Å². The Hall–Kier alpha value is -2.43. The van der Waals surface area contributed by atoms with Crippen LogP contribution in [-0.4, -0.2) is 22.4 Å². The zero-order chi connectivity index (χ0) is 16.8. The first-order valence-electron chi connectivity index (χ1n) is 7.90. The first kappa shape index (κ1) is 16.9. The Morgan fingerprint density at radius 3 is 2.61 bits per heavy atom. The van der Waals surface area contributed by atoms with Crippen LogP contribution in [0, 0.1) is 19.8 Å². The smallest absolute Gasteiger partial charge is 0.274 e. The molecule has 0 fully saturated rings. The van der Waals surface area contributed by atoms with E-state index < -0.39 is 0 Å². The van der Waals surface area contributed by atoms with Crippen LogP contribution < -0.4 is 10.6 Å². The topological polar surface area (TPSA) is 66.9 Å². The van der Waals surface area contributed by atoms with E-state index in [2.05, 4.69) is 34.4 Å². The van der Waals surface area contributed by atoms with Crippen LogP contribution in [0.3, 0.4) is 0 Å². The van der Waals surface area contributed by atoms with Crippen molar-refractivity contribution >= 4 is 17.4 Å². The Labute approximate surface area is 137 Å². The first-order valence-corrected chi connectivity index (χ1v) is 7.90. The van der Waals surface area contributed by atoms with Gasteiger partial charge in [-0.15, -0.1) is 0 Å². The minimum Gasteiger partial charge on any atom is -0.370 e. The molecule has 0 bridgehead atoms. The summed E-state index contributed by atoms with van der Waals surface area (Å²) in [4.78, 5) is 20.5. The lowest BCUT2D eigenvalue weighted by molar-refractivity contribution is 0.102. The van der Waals surface area contributed by atoms with Crippen molar-refractivity contribution in [2.45, 2.75) is 34.1 Å². The second-order valence-corrected chi connectivity index (χ2v) is 6.15. The lowest BCUT2D eigenvalue weighted by Crippen LogP contribution is -2.15. The van der Waals surface area contributed by atoms with Crippen molar-refractivity contribution in [2.24, 2.45) is 5.92 Å². The van der Waals surface area contributed by atoms with Gasteiger partial charge >= 0.3 is 0 Å². The molecule has 1 aromatic heterocycles. The molecule has 0 unspecified atom stereocenters. The van der Waals surface area contributed by atoms with Gasteiger partial charge in [0.2, 0.25) is 0 Å². The highest BCUT2D eigenvalue weighted by Gasteiger charge is 2.09. The van der Waals surface area contributed by atoms with Crippen LogP contribution in [0.15, 0.2) is 30.6 Å². The van der Waals surface area contributed by atoms with Crippen molar-refractivity contribution in [1.29, 1.82) is 0 Å². The van der Waals surface area contributed by atoms with Crippen LogP contribution in [0.5, 0.6) is 0 Å². The van der Waals surface area contributed by atoms with Gasteiger partial charge in [-0.25, -0.2) is 9.97 Å². The minimum absolute atomic E-state index is 0.234. The average molecular weight is 312 g/mol. The van der Waals surface area contributed by atoms with E-state index in [0.29, 0.717) is 17.4 Å². The highest BCUT2D eigenvalue weighted by Crippen LogP contribution is 2.15. The molecular weight excluding hydrogens is 288 g/mol. The molecule has 2 rings (SSSR count). The predicted octanol–water partition coefficient (Wildman–Crippen LogP) is 3.80. The minimum atomic E-state index is -0.234. The van der Waals surface area contributed by atoms with Crippen molar-refractivity contribution < 1.29 is 4.79 Å². The van der Waals surface area contributed by atoms with E-state index in [9.17, 15) is 4.79 Å². The maximum atomic E-state index is 12.3. The summed E-state index contributed by atoms with van der Waals surface area (Å²) in [6, 6.07) is 7.51. The summed E-state index contributed by atoms with van der Waals surface area (Å²) in [6.45, 7) is 9.23. The van der Waals surface area contributed by atoms with Gasteiger partial charge in [-0.2, -0.15) is 0 Å². The van der Waals surface area contributed by atoms with Crippen LogP contribution in [0.4, 0.5) is 11.5 Å². The summed E-state index contributed by atoms with van der Waals surface area (Å²) < 4.78 is 0. The van der Waals surface area contributed by atoms with Crippen LogP contribution in [0.2, 0.25) is 0 Å². The molecule has 2 N–H and O–H groups in total. The number of carbonyl (C=O) groups excluding carboxylic acids is 1. The van der Waals surface area contributed by atoms with Gasteiger partial charge in [-0.05, 0) is 49.4 Å². The Balaban J connectivity index is 2.02. The third kappa shape index (κ3) is 5.06. The van der Waals surface area contributed by atoms with Gasteiger partial charge in [0.1, 0.15) is 17.8 Å². The van der Waals surface area contributed by atoms with E-state index in [1.165, 1.54) is 11.9 Å². The average Bonchev–Trinajstić information content (AvgIpc) is 2.51. The monoisotopic (exact) mass is 312 g/mol. The zero-order valence-corrected chi connectivity index (χ0v) is 14.2. The summed E-state index contributed by atoms with van der Waals surface area (Å²) in [5.74, 6) is 1.06. The summed E-state index contributed by atoms with van der Waals surface area (Å²) in [6.07, 6.45) is 2.46. The fourth-order valence-electron chi connectivity index (χ4n) is 2.08. The lowest BCUT2D eigenvalue weighted by atomic mass is 10.1. The largest absolute Gasteiger partial charge is 0.370 e. The van der Waals surface area contributed by atoms with Gasteiger partial charge in [0, 0.05) is 18.3 Å². The Morgan fingerprint density at radius 1 is 1.13 bits per heavy atom. The standard InChI is InChI=1S/C18H24N4O/c1-12(2)7-8-19-17-10-16(20-11-21-17)18(23)22-15-6-5-13(3)14(4)9-15/h5-6,9-12H,7-8H2,1-4H3,(H,22,23)(H,19,20,21). The molecule has 1 heterocycles. The van der Waals surface area contributed by atoms with E-state index in [1.807, 2.05) is 32.0 Å². The number of amides is 1. The van der Waals surface area contributed by atoms with E-state index >= 15 is 0 Å². The maximum Gasteiger partial charge on any atom is 0.274 e. The van der Waals surface area contributed by atoms with Gasteiger partial charge < -0.3 is 10.6 Å². The molecule has 5 nitrogen and oxygen atoms in total. The SMILES string of the molecule is Cc1ccc(NC(=O)c2cc(NCCC(C)C)ncn2)cc1C. The molecule has 0 radical (unpaired) electrons. The zero-order valence-electron chi connectivity index (χ0n) is 14.2. The highest BCUT2D eigenvalue weighted by molar-refractivity contribution is 6.03. The molecule has 2 aromatic rings. The number of anilines is 2. The molecule has 5 heteroatoms. The molecule has 23 heavy (non-hydrogen) atoms. The summed E-state index contributed by atoms with van der Waals surface area (Å²) in [5, 5.41) is 6.09. The van der Waals surface area contributed by atoms with Crippen LogP contribution in [0.1, 0.15) is 41.9 Å². The number of rotatable bonds is 6. The van der Waals surface area contributed by atoms with Crippen LogP contribution >= 0.6 is 0 Å². The number of nitrogens with one attached hydrogen (secondary N) is 2. The van der Waals surface area contributed by atoms with Gasteiger partial charge in [0.25, 0.3) is 5.91 Å². The number of aromatic nitrogens is 2. The third-order valence-corrected chi connectivity index (χ3v) is 3.69. The molecule has 0 atom stereocenters. The van der Waals surface area contributed by atoms with Crippen molar-refractivity contribution in [3.8, 4) is 0 Å². The van der Waals surface area contributed by atoms with Gasteiger partial charge in [0.15, 0.2) is 0 Å².